The van der Waals surface area contributed by atoms with Crippen molar-refractivity contribution in [2.75, 3.05) is 17.2 Å². The van der Waals surface area contributed by atoms with Gasteiger partial charge in [0.05, 0.1) is 16.3 Å². The van der Waals surface area contributed by atoms with Crippen molar-refractivity contribution in [3.05, 3.63) is 65.7 Å². The molecule has 1 aliphatic rings. The summed E-state index contributed by atoms with van der Waals surface area (Å²) in [6, 6.07) is 17.7. The third-order valence-corrected chi connectivity index (χ3v) is 5.93. The van der Waals surface area contributed by atoms with Crippen LogP contribution in [-0.2, 0) is 20.7 Å². The summed E-state index contributed by atoms with van der Waals surface area (Å²) < 4.78 is 5.40. The maximum absolute atomic E-state index is 12.7. The van der Waals surface area contributed by atoms with E-state index < -0.39 is 12.1 Å². The molecule has 0 spiro atoms. The van der Waals surface area contributed by atoms with Crippen LogP contribution in [0.25, 0.3) is 10.9 Å². The summed E-state index contributed by atoms with van der Waals surface area (Å²) in [6.07, 6.45) is 0.00589. The summed E-state index contributed by atoms with van der Waals surface area (Å²) in [4.78, 5) is 31.3. The van der Waals surface area contributed by atoms with Gasteiger partial charge in [-0.2, -0.15) is 0 Å². The molecule has 0 N–H and O–H groups in total. The second kappa shape index (κ2) is 8.25. The number of benzene rings is 2. The molecule has 0 aliphatic carbocycles. The van der Waals surface area contributed by atoms with Crippen molar-refractivity contribution in [3.63, 3.8) is 0 Å². The molecule has 3 aromatic rings. The molecule has 0 saturated carbocycles. The van der Waals surface area contributed by atoms with Gasteiger partial charge < -0.3 is 9.64 Å². The molecular weight excluding hydrogens is 384 g/mol. The Balaban J connectivity index is 1.36. The van der Waals surface area contributed by atoms with Gasteiger partial charge in [-0.1, -0.05) is 48.2 Å². The highest BCUT2D eigenvalue weighted by atomic mass is 32.2. The maximum Gasteiger partial charge on any atom is 0.317 e. The van der Waals surface area contributed by atoms with E-state index in [9.17, 15) is 9.59 Å². The first kappa shape index (κ1) is 19.5. The van der Waals surface area contributed by atoms with E-state index in [0.29, 0.717) is 6.54 Å². The summed E-state index contributed by atoms with van der Waals surface area (Å²) in [5, 5.41) is 1.87. The fourth-order valence-electron chi connectivity index (χ4n) is 3.59. The van der Waals surface area contributed by atoms with Gasteiger partial charge in [0.15, 0.2) is 6.10 Å². The van der Waals surface area contributed by atoms with Gasteiger partial charge in [-0.25, -0.2) is 4.98 Å². The molecule has 148 valence electrons. The van der Waals surface area contributed by atoms with Crippen LogP contribution in [0.1, 0.15) is 18.1 Å². The number of pyridine rings is 1. The van der Waals surface area contributed by atoms with Gasteiger partial charge in [-0.3, -0.25) is 9.59 Å². The standard InChI is InChI=1S/C23H22N2O3S/c1-15-13-21(24-19-9-5-4-8-18(15)19)29-14-22(26)28-16(2)23(27)25-12-11-17-7-3-6-10-20(17)25/h3-10,13,16H,11-12,14H2,1-2H3. The average molecular weight is 407 g/mol. The van der Waals surface area contributed by atoms with E-state index in [0.717, 1.165) is 39.2 Å². The molecule has 5 nitrogen and oxygen atoms in total. The molecular formula is C23H22N2O3S. The van der Waals surface area contributed by atoms with Gasteiger partial charge in [0, 0.05) is 17.6 Å². The normalized spacial score (nSPS) is 13.9. The van der Waals surface area contributed by atoms with Crippen LogP contribution in [0.3, 0.4) is 0 Å². The molecule has 4 rings (SSSR count). The fourth-order valence-corrected chi connectivity index (χ4v) is 4.35. The zero-order valence-electron chi connectivity index (χ0n) is 16.4. The van der Waals surface area contributed by atoms with E-state index in [-0.39, 0.29) is 11.7 Å². The third kappa shape index (κ3) is 4.12. The Hall–Kier alpha value is -2.86. The second-order valence-electron chi connectivity index (χ2n) is 7.08. The van der Waals surface area contributed by atoms with Crippen LogP contribution in [0, 0.1) is 6.92 Å². The van der Waals surface area contributed by atoms with E-state index >= 15 is 0 Å². The highest BCUT2D eigenvalue weighted by Crippen LogP contribution is 2.28. The Labute approximate surface area is 174 Å². The van der Waals surface area contributed by atoms with Gasteiger partial charge in [-0.05, 0) is 49.6 Å². The number of hydrogen-bond donors (Lipinski definition) is 0. The molecule has 1 amide bonds. The smallest absolute Gasteiger partial charge is 0.317 e. The first-order valence-electron chi connectivity index (χ1n) is 9.61. The summed E-state index contributed by atoms with van der Waals surface area (Å²) in [5.41, 5.74) is 4.07. The fraction of sp³-hybridized carbons (Fsp3) is 0.261. The predicted octanol–water partition coefficient (Wildman–Crippen LogP) is 4.16. The number of carbonyl (C=O) groups excluding carboxylic acids is 2. The summed E-state index contributed by atoms with van der Waals surface area (Å²) in [5.74, 6) is -0.497. The van der Waals surface area contributed by atoms with Crippen LogP contribution in [-0.4, -0.2) is 35.3 Å². The second-order valence-corrected chi connectivity index (χ2v) is 8.08. The van der Waals surface area contributed by atoms with Crippen LogP contribution in [0.15, 0.2) is 59.6 Å². The molecule has 0 radical (unpaired) electrons. The lowest BCUT2D eigenvalue weighted by atomic mass is 10.1. The number of carbonyl (C=O) groups is 2. The van der Waals surface area contributed by atoms with Crippen molar-refractivity contribution in [2.45, 2.75) is 31.4 Å². The van der Waals surface area contributed by atoms with Gasteiger partial charge in [-0.15, -0.1) is 0 Å². The number of nitrogens with zero attached hydrogens (tertiary/aromatic N) is 2. The minimum absolute atomic E-state index is 0.110. The molecule has 1 aliphatic heterocycles. The van der Waals surface area contributed by atoms with E-state index in [1.54, 1.807) is 11.8 Å². The molecule has 29 heavy (non-hydrogen) atoms. The monoisotopic (exact) mass is 406 g/mol. The highest BCUT2D eigenvalue weighted by Gasteiger charge is 2.29. The number of hydrogen-bond acceptors (Lipinski definition) is 5. The van der Waals surface area contributed by atoms with Gasteiger partial charge in [0.25, 0.3) is 5.91 Å². The summed E-state index contributed by atoms with van der Waals surface area (Å²) in [7, 11) is 0. The zero-order chi connectivity index (χ0) is 20.4. The predicted molar refractivity (Wildman–Crippen MR) is 115 cm³/mol. The van der Waals surface area contributed by atoms with E-state index in [1.807, 2.05) is 61.5 Å². The summed E-state index contributed by atoms with van der Waals surface area (Å²) >= 11 is 1.32. The first-order valence-corrected chi connectivity index (χ1v) is 10.6. The molecule has 1 aromatic heterocycles. The topological polar surface area (TPSA) is 59.5 Å². The lowest BCUT2D eigenvalue weighted by Gasteiger charge is -2.21. The minimum atomic E-state index is -0.819. The van der Waals surface area contributed by atoms with Gasteiger partial charge in [0.1, 0.15) is 0 Å². The minimum Gasteiger partial charge on any atom is -0.452 e. The number of ether oxygens (including phenoxy) is 1. The van der Waals surface area contributed by atoms with E-state index in [4.69, 9.17) is 4.74 Å². The van der Waals surface area contributed by atoms with Gasteiger partial charge in [0.2, 0.25) is 0 Å². The van der Waals surface area contributed by atoms with E-state index in [2.05, 4.69) is 4.98 Å². The Morgan fingerprint density at radius 1 is 1.17 bits per heavy atom. The molecule has 1 atom stereocenters. The number of fused-ring (bicyclic) bond motifs is 2. The lowest BCUT2D eigenvalue weighted by molar-refractivity contribution is -0.151. The Morgan fingerprint density at radius 3 is 2.79 bits per heavy atom. The van der Waals surface area contributed by atoms with Crippen LogP contribution in [0.5, 0.6) is 0 Å². The van der Waals surface area contributed by atoms with Crippen molar-refractivity contribution in [1.29, 1.82) is 0 Å². The molecule has 6 heteroatoms. The molecule has 0 fully saturated rings. The van der Waals surface area contributed by atoms with Crippen molar-refractivity contribution in [1.82, 2.24) is 4.98 Å². The number of thioether (sulfide) groups is 1. The van der Waals surface area contributed by atoms with Gasteiger partial charge >= 0.3 is 5.97 Å². The number of esters is 1. The maximum atomic E-state index is 12.7. The number of rotatable bonds is 5. The van der Waals surface area contributed by atoms with Crippen molar-refractivity contribution < 1.29 is 14.3 Å². The van der Waals surface area contributed by atoms with Crippen LogP contribution < -0.4 is 4.90 Å². The van der Waals surface area contributed by atoms with Crippen molar-refractivity contribution in [3.8, 4) is 0 Å². The summed E-state index contributed by atoms with van der Waals surface area (Å²) in [6.45, 7) is 4.28. The molecule has 2 heterocycles. The number of aryl methyl sites for hydroxylation is 1. The SMILES string of the molecule is Cc1cc(SCC(=O)OC(C)C(=O)N2CCc3ccccc32)nc2ccccc12. The number of para-hydroxylation sites is 2. The number of anilines is 1. The van der Waals surface area contributed by atoms with Crippen molar-refractivity contribution in [2.24, 2.45) is 0 Å². The van der Waals surface area contributed by atoms with Crippen LogP contribution >= 0.6 is 11.8 Å². The highest BCUT2D eigenvalue weighted by molar-refractivity contribution is 7.99. The molecule has 0 bridgehead atoms. The number of amides is 1. The lowest BCUT2D eigenvalue weighted by Crippen LogP contribution is -2.39. The van der Waals surface area contributed by atoms with Crippen LogP contribution in [0.2, 0.25) is 0 Å². The quantitative estimate of drug-likeness (QED) is 0.470. The van der Waals surface area contributed by atoms with Crippen molar-refractivity contribution >= 4 is 40.2 Å². The molecule has 1 unspecified atom stereocenters. The van der Waals surface area contributed by atoms with E-state index in [1.165, 1.54) is 11.8 Å². The Bertz CT molecular complexity index is 1080. The molecule has 2 aromatic carbocycles. The molecule has 0 saturated heterocycles. The largest absolute Gasteiger partial charge is 0.452 e. The zero-order valence-corrected chi connectivity index (χ0v) is 17.2. The average Bonchev–Trinajstić information content (AvgIpc) is 3.16. The number of aromatic nitrogens is 1. The first-order chi connectivity index (χ1) is 14.0. The third-order valence-electron chi connectivity index (χ3n) is 5.05. The Morgan fingerprint density at radius 2 is 1.93 bits per heavy atom. The Kier molecular flexibility index (Phi) is 5.53. The van der Waals surface area contributed by atoms with Crippen LogP contribution in [0.4, 0.5) is 5.69 Å².